The Morgan fingerprint density at radius 2 is 2.15 bits per heavy atom. The third kappa shape index (κ3) is 2.95. The topological polar surface area (TPSA) is 56.0 Å². The van der Waals surface area contributed by atoms with Crippen molar-refractivity contribution in [1.82, 2.24) is 4.98 Å². The number of carbonyl (C=O) groups is 1. The van der Waals surface area contributed by atoms with Gasteiger partial charge in [-0.25, -0.2) is 0 Å². The van der Waals surface area contributed by atoms with Crippen LogP contribution in [-0.2, 0) is 0 Å². The molecule has 3 nitrogen and oxygen atoms in total. The molecule has 13 heavy (non-hydrogen) atoms. The number of hydrogen-bond acceptors (Lipinski definition) is 3. The number of hydrogen-bond donors (Lipinski definition) is 1. The molecule has 0 radical (unpaired) electrons. The van der Waals surface area contributed by atoms with Crippen LogP contribution in [0.1, 0.15) is 30.1 Å². The van der Waals surface area contributed by atoms with Crippen molar-refractivity contribution in [3.8, 4) is 0 Å². The van der Waals surface area contributed by atoms with Crippen LogP contribution in [0.15, 0.2) is 24.5 Å². The Balaban J connectivity index is 2.59. The largest absolute Gasteiger partial charge is 0.327 e. The highest BCUT2D eigenvalue weighted by Crippen LogP contribution is 2.04. The van der Waals surface area contributed by atoms with Crippen molar-refractivity contribution >= 4 is 5.78 Å². The van der Waals surface area contributed by atoms with Crippen LogP contribution in [0.3, 0.4) is 0 Å². The molecule has 0 saturated heterocycles. The van der Waals surface area contributed by atoms with Crippen molar-refractivity contribution in [1.29, 1.82) is 0 Å². The van der Waals surface area contributed by atoms with Gasteiger partial charge in [-0.05, 0) is 18.6 Å². The molecule has 0 aliphatic rings. The van der Waals surface area contributed by atoms with E-state index in [2.05, 4.69) is 4.98 Å². The Kier molecular flexibility index (Phi) is 3.58. The summed E-state index contributed by atoms with van der Waals surface area (Å²) in [5, 5.41) is 0. The van der Waals surface area contributed by atoms with Gasteiger partial charge in [0.1, 0.15) is 0 Å². The third-order valence-electron chi connectivity index (χ3n) is 1.97. The number of aromatic nitrogens is 1. The Bertz CT molecular complexity index is 272. The maximum Gasteiger partial charge on any atom is 0.164 e. The van der Waals surface area contributed by atoms with Crippen LogP contribution in [0.5, 0.6) is 0 Å². The Labute approximate surface area is 78.0 Å². The summed E-state index contributed by atoms with van der Waals surface area (Å²) in [6.45, 7) is 1.98. The molecule has 0 aliphatic heterocycles. The minimum Gasteiger partial charge on any atom is -0.327 e. The molecule has 1 unspecified atom stereocenters. The van der Waals surface area contributed by atoms with Gasteiger partial charge in [-0.1, -0.05) is 6.92 Å². The summed E-state index contributed by atoms with van der Waals surface area (Å²) < 4.78 is 0. The van der Waals surface area contributed by atoms with Gasteiger partial charge < -0.3 is 5.73 Å². The maximum atomic E-state index is 11.5. The number of Topliss-reactive ketones (excluding diaryl/α,β-unsaturated/α-hetero) is 1. The fourth-order valence-electron chi connectivity index (χ4n) is 1.04. The van der Waals surface area contributed by atoms with E-state index in [0.29, 0.717) is 12.0 Å². The van der Waals surface area contributed by atoms with E-state index in [0.717, 1.165) is 6.42 Å². The third-order valence-corrected chi connectivity index (χ3v) is 1.97. The smallest absolute Gasteiger partial charge is 0.164 e. The molecule has 0 spiro atoms. The molecular weight excluding hydrogens is 164 g/mol. The van der Waals surface area contributed by atoms with Gasteiger partial charge in [-0.15, -0.1) is 0 Å². The molecule has 0 bridgehead atoms. The first-order valence-electron chi connectivity index (χ1n) is 4.43. The standard InChI is InChI=1S/C10H14N2O/c1-2-9(11)7-10(13)8-3-5-12-6-4-8/h3-6,9H,2,7,11H2,1H3. The Morgan fingerprint density at radius 1 is 1.54 bits per heavy atom. The van der Waals surface area contributed by atoms with Gasteiger partial charge in [0.25, 0.3) is 0 Å². The maximum absolute atomic E-state index is 11.5. The lowest BCUT2D eigenvalue weighted by molar-refractivity contribution is 0.0974. The highest BCUT2D eigenvalue weighted by Gasteiger charge is 2.09. The minimum absolute atomic E-state index is 0.0272. The van der Waals surface area contributed by atoms with Gasteiger partial charge in [-0.2, -0.15) is 0 Å². The minimum atomic E-state index is -0.0272. The van der Waals surface area contributed by atoms with E-state index in [1.165, 1.54) is 0 Å². The normalized spacial score (nSPS) is 12.5. The molecule has 1 atom stereocenters. The summed E-state index contributed by atoms with van der Waals surface area (Å²) in [4.78, 5) is 15.3. The number of nitrogens with zero attached hydrogens (tertiary/aromatic N) is 1. The number of pyridine rings is 1. The lowest BCUT2D eigenvalue weighted by atomic mass is 10.0. The predicted molar refractivity (Wildman–Crippen MR) is 51.5 cm³/mol. The quantitative estimate of drug-likeness (QED) is 0.709. The van der Waals surface area contributed by atoms with Gasteiger partial charge in [0.2, 0.25) is 0 Å². The highest BCUT2D eigenvalue weighted by atomic mass is 16.1. The zero-order valence-corrected chi connectivity index (χ0v) is 7.73. The number of carbonyl (C=O) groups excluding carboxylic acids is 1. The van der Waals surface area contributed by atoms with Gasteiger partial charge in [0, 0.05) is 30.4 Å². The van der Waals surface area contributed by atoms with Crippen molar-refractivity contribution in [3.05, 3.63) is 30.1 Å². The van der Waals surface area contributed by atoms with Crippen molar-refractivity contribution in [2.75, 3.05) is 0 Å². The van der Waals surface area contributed by atoms with Gasteiger partial charge in [0.15, 0.2) is 5.78 Å². The molecule has 0 aromatic carbocycles. The Morgan fingerprint density at radius 3 is 2.69 bits per heavy atom. The van der Waals surface area contributed by atoms with Crippen LogP contribution in [-0.4, -0.2) is 16.8 Å². The van der Waals surface area contributed by atoms with Crippen LogP contribution < -0.4 is 5.73 Å². The number of ketones is 1. The molecule has 1 aromatic heterocycles. The van der Waals surface area contributed by atoms with E-state index in [1.807, 2.05) is 6.92 Å². The average molecular weight is 178 g/mol. The molecule has 2 N–H and O–H groups in total. The lowest BCUT2D eigenvalue weighted by Crippen LogP contribution is -2.22. The summed E-state index contributed by atoms with van der Waals surface area (Å²) in [6, 6.07) is 3.40. The van der Waals surface area contributed by atoms with Crippen LogP contribution >= 0.6 is 0 Å². The fraction of sp³-hybridized carbons (Fsp3) is 0.400. The van der Waals surface area contributed by atoms with Crippen LogP contribution in [0, 0.1) is 0 Å². The highest BCUT2D eigenvalue weighted by molar-refractivity contribution is 5.96. The first kappa shape index (κ1) is 9.86. The van der Waals surface area contributed by atoms with Crippen molar-refractivity contribution in [2.24, 2.45) is 5.73 Å². The monoisotopic (exact) mass is 178 g/mol. The zero-order valence-electron chi connectivity index (χ0n) is 7.73. The molecule has 0 aliphatic carbocycles. The first-order chi connectivity index (χ1) is 6.24. The van der Waals surface area contributed by atoms with Gasteiger partial charge in [-0.3, -0.25) is 9.78 Å². The molecular formula is C10H14N2O. The van der Waals surface area contributed by atoms with Crippen LogP contribution in [0.4, 0.5) is 0 Å². The van der Waals surface area contributed by atoms with Crippen molar-refractivity contribution < 1.29 is 4.79 Å². The van der Waals surface area contributed by atoms with Crippen LogP contribution in [0.25, 0.3) is 0 Å². The molecule has 3 heteroatoms. The second kappa shape index (κ2) is 4.72. The SMILES string of the molecule is CCC(N)CC(=O)c1ccncc1. The van der Waals surface area contributed by atoms with Gasteiger partial charge in [0.05, 0.1) is 0 Å². The molecule has 0 fully saturated rings. The zero-order chi connectivity index (χ0) is 9.68. The summed E-state index contributed by atoms with van der Waals surface area (Å²) in [6.07, 6.45) is 4.48. The molecule has 70 valence electrons. The number of nitrogens with two attached hydrogens (primary N) is 1. The molecule has 0 saturated carbocycles. The van der Waals surface area contributed by atoms with Gasteiger partial charge >= 0.3 is 0 Å². The fourth-order valence-corrected chi connectivity index (χ4v) is 1.04. The van der Waals surface area contributed by atoms with E-state index < -0.39 is 0 Å². The first-order valence-corrected chi connectivity index (χ1v) is 4.43. The molecule has 1 aromatic rings. The summed E-state index contributed by atoms with van der Waals surface area (Å²) in [5.74, 6) is 0.0942. The average Bonchev–Trinajstić information content (AvgIpc) is 2.19. The predicted octanol–water partition coefficient (Wildman–Crippen LogP) is 1.39. The van der Waals surface area contributed by atoms with Crippen molar-refractivity contribution in [3.63, 3.8) is 0 Å². The van der Waals surface area contributed by atoms with Crippen LogP contribution in [0.2, 0.25) is 0 Å². The van der Waals surface area contributed by atoms with E-state index in [-0.39, 0.29) is 11.8 Å². The van der Waals surface area contributed by atoms with E-state index >= 15 is 0 Å². The molecule has 1 rings (SSSR count). The number of rotatable bonds is 4. The second-order valence-electron chi connectivity index (χ2n) is 3.03. The summed E-state index contributed by atoms with van der Waals surface area (Å²) in [7, 11) is 0. The van der Waals surface area contributed by atoms with E-state index in [1.54, 1.807) is 24.5 Å². The van der Waals surface area contributed by atoms with Crippen molar-refractivity contribution in [2.45, 2.75) is 25.8 Å². The Hall–Kier alpha value is -1.22. The van der Waals surface area contributed by atoms with E-state index in [4.69, 9.17) is 5.73 Å². The molecule has 1 heterocycles. The second-order valence-corrected chi connectivity index (χ2v) is 3.03. The summed E-state index contributed by atoms with van der Waals surface area (Å²) >= 11 is 0. The summed E-state index contributed by atoms with van der Waals surface area (Å²) in [5.41, 5.74) is 6.37. The lowest BCUT2D eigenvalue weighted by Gasteiger charge is -2.06. The van der Waals surface area contributed by atoms with E-state index in [9.17, 15) is 4.79 Å². The molecule has 0 amide bonds.